The van der Waals surface area contributed by atoms with Crippen LogP contribution in [-0.2, 0) is 39.4 Å². The Morgan fingerprint density at radius 2 is 1.73 bits per heavy atom. The SMILES string of the molecule is Nc1nc2c(ncn2[C@@H]2O[C@H](CO)[C@@H](F)[C@H]2OP(=O)(O)OC[C@H]2O[C@@H](n3cnc4c(N)ncnc43)[C@@H](F)[C@@H]2O[PH](O)=S)c(=O)[nH]1. The Morgan fingerprint density at radius 1 is 1.04 bits per heavy atom. The molecule has 0 bridgehead atoms. The van der Waals surface area contributed by atoms with Crippen LogP contribution in [0.15, 0.2) is 23.8 Å². The summed E-state index contributed by atoms with van der Waals surface area (Å²) in [6.45, 7) is -1.72. The van der Waals surface area contributed by atoms with Gasteiger partial charge in [-0.1, -0.05) is 0 Å². The number of nitrogens with zero attached hydrogens (tertiary/aromatic N) is 7. The van der Waals surface area contributed by atoms with E-state index in [-0.39, 0.29) is 34.1 Å². The van der Waals surface area contributed by atoms with Crippen LogP contribution in [0.25, 0.3) is 22.3 Å². The van der Waals surface area contributed by atoms with E-state index in [1.165, 1.54) is 10.9 Å². The molecule has 2 fully saturated rings. The Morgan fingerprint density at radius 3 is 2.44 bits per heavy atom. The molecule has 2 aliphatic heterocycles. The zero-order valence-electron chi connectivity index (χ0n) is 22.4. The first kappa shape index (κ1) is 31.9. The molecule has 244 valence electrons. The van der Waals surface area contributed by atoms with Crippen molar-refractivity contribution >= 4 is 60.9 Å². The lowest BCUT2D eigenvalue weighted by atomic mass is 10.1. The van der Waals surface area contributed by atoms with Crippen molar-refractivity contribution < 1.29 is 51.3 Å². The number of hydrogen-bond acceptors (Lipinski definition) is 16. The van der Waals surface area contributed by atoms with Crippen molar-refractivity contribution in [1.82, 2.24) is 39.0 Å². The van der Waals surface area contributed by atoms with E-state index in [1.54, 1.807) is 0 Å². The van der Waals surface area contributed by atoms with Crippen LogP contribution in [0.1, 0.15) is 12.5 Å². The molecule has 25 heteroatoms. The van der Waals surface area contributed by atoms with Gasteiger partial charge in [-0.25, -0.2) is 33.3 Å². The van der Waals surface area contributed by atoms with Gasteiger partial charge in [0.05, 0.1) is 25.9 Å². The van der Waals surface area contributed by atoms with Gasteiger partial charge in [-0.05, 0) is 11.8 Å². The summed E-state index contributed by atoms with van der Waals surface area (Å²) in [7, 11) is -8.17. The molecule has 0 radical (unpaired) electrons. The van der Waals surface area contributed by atoms with E-state index >= 15 is 8.78 Å². The number of nitrogen functional groups attached to an aromatic ring is 2. The molecule has 0 saturated carbocycles. The number of aromatic nitrogens is 8. The quantitative estimate of drug-likeness (QED) is 0.108. The second-order valence-electron chi connectivity index (χ2n) is 9.74. The van der Waals surface area contributed by atoms with Crippen molar-refractivity contribution in [3.05, 3.63) is 29.3 Å². The van der Waals surface area contributed by atoms with E-state index in [0.717, 1.165) is 17.2 Å². The van der Waals surface area contributed by atoms with Crippen molar-refractivity contribution in [2.75, 3.05) is 24.7 Å². The molecule has 45 heavy (non-hydrogen) atoms. The number of fused-ring (bicyclic) bond motifs is 2. The number of H-pyrrole nitrogens is 1. The van der Waals surface area contributed by atoms with Gasteiger partial charge in [0, 0.05) is 0 Å². The van der Waals surface area contributed by atoms with Gasteiger partial charge >= 0.3 is 7.82 Å². The number of phosphoric ester groups is 1. The number of aromatic amines is 1. The van der Waals surface area contributed by atoms with E-state index in [1.807, 2.05) is 0 Å². The average molecular weight is 696 g/mol. The van der Waals surface area contributed by atoms with Gasteiger partial charge in [0.1, 0.15) is 36.3 Å². The third-order valence-corrected chi connectivity index (χ3v) is 8.74. The first-order chi connectivity index (χ1) is 21.4. The highest BCUT2D eigenvalue weighted by Gasteiger charge is 2.52. The van der Waals surface area contributed by atoms with Crippen LogP contribution < -0.4 is 17.0 Å². The summed E-state index contributed by atoms with van der Waals surface area (Å²) in [6, 6.07) is 0. The molecular weight excluding hydrogens is 672 g/mol. The van der Waals surface area contributed by atoms with E-state index in [4.69, 9.17) is 46.3 Å². The third-order valence-electron chi connectivity index (χ3n) is 6.99. The molecule has 4 aromatic heterocycles. The molecule has 10 atom stereocenters. The largest absolute Gasteiger partial charge is 0.472 e. The van der Waals surface area contributed by atoms with Crippen LogP contribution >= 0.6 is 15.0 Å². The highest BCUT2D eigenvalue weighted by atomic mass is 32.4. The number of nitrogens with one attached hydrogen (secondary N) is 1. The minimum absolute atomic E-state index is 0.0168. The van der Waals surface area contributed by atoms with Crippen LogP contribution in [-0.4, -0.2) is 104 Å². The molecule has 2 saturated heterocycles. The number of imidazole rings is 2. The summed E-state index contributed by atoms with van der Waals surface area (Å²) in [5.41, 5.74) is 10.6. The van der Waals surface area contributed by atoms with E-state index < -0.39 is 83.0 Å². The zero-order valence-corrected chi connectivity index (χ0v) is 25.1. The lowest BCUT2D eigenvalue weighted by molar-refractivity contribution is -0.0586. The van der Waals surface area contributed by atoms with Gasteiger partial charge in [-0.2, -0.15) is 4.98 Å². The molecule has 6 heterocycles. The number of ether oxygens (including phenoxy) is 2. The van der Waals surface area contributed by atoms with E-state index in [2.05, 4.69) is 29.9 Å². The maximum Gasteiger partial charge on any atom is 0.472 e. The molecule has 0 aliphatic carbocycles. The van der Waals surface area contributed by atoms with Crippen molar-refractivity contribution in [3.8, 4) is 0 Å². The summed E-state index contributed by atoms with van der Waals surface area (Å²) >= 11 is 4.71. The summed E-state index contributed by atoms with van der Waals surface area (Å²) in [5, 5.41) is 9.61. The molecule has 8 N–H and O–H groups in total. The Kier molecular flexibility index (Phi) is 8.69. The number of aliphatic hydroxyl groups is 1. The van der Waals surface area contributed by atoms with Gasteiger partial charge in [0.2, 0.25) is 5.95 Å². The summed E-state index contributed by atoms with van der Waals surface area (Å²) < 4.78 is 72.9. The Bertz CT molecular complexity index is 1870. The molecule has 6 rings (SSSR count). The fraction of sp³-hybridized carbons (Fsp3) is 0.500. The Labute approximate surface area is 254 Å². The van der Waals surface area contributed by atoms with Crippen LogP contribution in [0.5, 0.6) is 0 Å². The molecule has 2 aliphatic rings. The fourth-order valence-electron chi connectivity index (χ4n) is 5.02. The van der Waals surface area contributed by atoms with Gasteiger partial charge < -0.3 is 40.4 Å². The van der Waals surface area contributed by atoms with Crippen molar-refractivity contribution in [2.45, 2.75) is 49.2 Å². The topological polar surface area (TPSA) is 283 Å². The van der Waals surface area contributed by atoms with Gasteiger partial charge in [-0.15, -0.1) is 0 Å². The molecule has 2 unspecified atom stereocenters. The normalized spacial score (nSPS) is 30.7. The smallest absolute Gasteiger partial charge is 0.394 e. The lowest BCUT2D eigenvalue weighted by Gasteiger charge is -2.24. The predicted molar refractivity (Wildman–Crippen MR) is 150 cm³/mol. The van der Waals surface area contributed by atoms with E-state index in [0.29, 0.717) is 0 Å². The monoisotopic (exact) mass is 696 g/mol. The molecule has 0 spiro atoms. The number of alkyl halides is 2. The number of aliphatic hydroxyl groups excluding tert-OH is 1. The van der Waals surface area contributed by atoms with Crippen LogP contribution in [0.2, 0.25) is 0 Å². The Hall–Kier alpha value is -3.08. The highest BCUT2D eigenvalue weighted by Crippen LogP contribution is 2.51. The maximum absolute atomic E-state index is 15.7. The first-order valence-corrected chi connectivity index (χ1v) is 16.8. The zero-order chi connectivity index (χ0) is 32.2. The second-order valence-corrected chi connectivity index (χ2v) is 13.0. The van der Waals surface area contributed by atoms with E-state index in [9.17, 15) is 24.3 Å². The molecular formula is C20H24F2N10O10P2S. The lowest BCUT2D eigenvalue weighted by Crippen LogP contribution is -2.34. The number of phosphoric acid groups is 1. The van der Waals surface area contributed by atoms with Gasteiger partial charge in [-0.3, -0.25) is 28.0 Å². The van der Waals surface area contributed by atoms with Crippen LogP contribution in [0.3, 0.4) is 0 Å². The Balaban J connectivity index is 1.22. The highest BCUT2D eigenvalue weighted by molar-refractivity contribution is 8.00. The number of anilines is 2. The summed E-state index contributed by atoms with van der Waals surface area (Å²) in [6.07, 6.45) is -10.4. The number of rotatable bonds is 10. The minimum Gasteiger partial charge on any atom is -0.394 e. The number of halogens is 2. The third kappa shape index (κ3) is 5.97. The van der Waals surface area contributed by atoms with Gasteiger partial charge in [0.25, 0.3) is 5.56 Å². The molecule has 20 nitrogen and oxygen atoms in total. The molecule has 4 aromatic rings. The van der Waals surface area contributed by atoms with Gasteiger partial charge in [0.15, 0.2) is 54.6 Å². The van der Waals surface area contributed by atoms with Crippen LogP contribution in [0, 0.1) is 0 Å². The maximum atomic E-state index is 15.7. The number of hydrogen-bond donors (Lipinski definition) is 6. The fourth-order valence-corrected chi connectivity index (χ4v) is 6.80. The average Bonchev–Trinajstić information content (AvgIpc) is 3.73. The standard InChI is InChI=1S/C20H24F2N10O10P2S/c21-8-6(1-33)39-19(32-5-28-11-16(32)29-20(24)30-17(11)34)13(8)42-44(36,37)38-2-7-12(41-43(35)45)9(22)18(40-7)31-4-27-10-14(23)25-3-26-15(10)31/h3-9,12-13,18-19,33,43H,1-2H2,(H,35,45)(H,36,37)(H2,23,25,26)(H3,24,29,30,34)/t6-,7-,8-,9+,12-,13-,18-,19-/m1/s1. The van der Waals surface area contributed by atoms with Crippen molar-refractivity contribution in [3.63, 3.8) is 0 Å². The summed E-state index contributed by atoms with van der Waals surface area (Å²) in [4.78, 5) is 54.5. The summed E-state index contributed by atoms with van der Waals surface area (Å²) in [5.74, 6) is -0.289. The minimum atomic E-state index is -5.24. The molecule has 0 amide bonds. The van der Waals surface area contributed by atoms with Crippen molar-refractivity contribution in [1.29, 1.82) is 0 Å². The van der Waals surface area contributed by atoms with Crippen molar-refractivity contribution in [2.24, 2.45) is 0 Å². The number of nitrogens with two attached hydrogens (primary N) is 2. The second kappa shape index (κ2) is 12.3. The first-order valence-electron chi connectivity index (χ1n) is 12.8. The van der Waals surface area contributed by atoms with Crippen LogP contribution in [0.4, 0.5) is 20.5 Å². The molecule has 0 aromatic carbocycles. The predicted octanol–water partition coefficient (Wildman–Crippen LogP) is -1.03.